The van der Waals surface area contributed by atoms with Gasteiger partial charge in [0.1, 0.15) is 6.54 Å². The third-order valence-corrected chi connectivity index (χ3v) is 3.56. The van der Waals surface area contributed by atoms with Crippen LogP contribution in [0.1, 0.15) is 13.8 Å². The fourth-order valence-electron chi connectivity index (χ4n) is 2.17. The first-order valence-electron chi connectivity index (χ1n) is 7.05. The van der Waals surface area contributed by atoms with Crippen LogP contribution in [0.2, 0.25) is 5.28 Å². The van der Waals surface area contributed by atoms with Crippen LogP contribution in [0, 0.1) is 0 Å². The number of aromatic nitrogens is 4. The molecule has 2 aromatic rings. The average molecular weight is 357 g/mol. The van der Waals surface area contributed by atoms with Crippen LogP contribution in [-0.2, 0) is 25.4 Å². The van der Waals surface area contributed by atoms with Gasteiger partial charge in [-0.2, -0.15) is 4.98 Å². The molecule has 0 fully saturated rings. The molecule has 0 aliphatic rings. The lowest BCUT2D eigenvalue weighted by Gasteiger charge is -2.10. The number of hydrogen-bond acceptors (Lipinski definition) is 5. The van der Waals surface area contributed by atoms with Crippen molar-refractivity contribution in [3.05, 3.63) is 26.1 Å². The van der Waals surface area contributed by atoms with Crippen molar-refractivity contribution in [3.63, 3.8) is 0 Å². The van der Waals surface area contributed by atoms with E-state index in [1.54, 1.807) is 13.8 Å². The first-order chi connectivity index (χ1) is 11.1. The van der Waals surface area contributed by atoms with E-state index in [1.165, 1.54) is 14.1 Å². The number of fused-ring (bicyclic) bond motifs is 1. The molecule has 0 aromatic carbocycles. The normalized spacial score (nSPS) is 11.1. The van der Waals surface area contributed by atoms with Crippen LogP contribution in [0.3, 0.4) is 0 Å². The van der Waals surface area contributed by atoms with Gasteiger partial charge in [-0.25, -0.2) is 9.59 Å². The van der Waals surface area contributed by atoms with Crippen LogP contribution in [0.5, 0.6) is 0 Å². The maximum absolute atomic E-state index is 12.3. The van der Waals surface area contributed by atoms with Crippen molar-refractivity contribution in [3.8, 4) is 0 Å². The fraction of sp³-hybridized carbons (Fsp3) is 0.462. The molecule has 0 aliphatic carbocycles. The van der Waals surface area contributed by atoms with Gasteiger partial charge in [-0.15, -0.1) is 0 Å². The minimum absolute atomic E-state index is 0.00372. The molecule has 0 saturated heterocycles. The molecular formula is C13H17ClN6O4. The topological polar surface area (TPSA) is 120 Å². The summed E-state index contributed by atoms with van der Waals surface area (Å²) in [6.07, 6.45) is 0. The maximum Gasteiger partial charge on any atom is 0.332 e. The standard InChI is InChI=1S/C13H17ClN6O4/c1-6(2)15-12(23)16-7(21)5-20-8-9(17-11(20)14)18(3)13(24)19(4)10(8)22/h6H,5H2,1-4H3,(H2,15,16,21,23). The summed E-state index contributed by atoms with van der Waals surface area (Å²) in [5.74, 6) is -0.676. The number of carbonyl (C=O) groups is 2. The Morgan fingerprint density at radius 1 is 1.21 bits per heavy atom. The highest BCUT2D eigenvalue weighted by Crippen LogP contribution is 2.15. The lowest BCUT2D eigenvalue weighted by atomic mass is 10.4. The number of aryl methyl sites for hydroxylation is 1. The van der Waals surface area contributed by atoms with Gasteiger partial charge in [0.2, 0.25) is 11.2 Å². The minimum atomic E-state index is -0.676. The Morgan fingerprint density at radius 2 is 1.83 bits per heavy atom. The summed E-state index contributed by atoms with van der Waals surface area (Å²) in [7, 11) is 2.75. The van der Waals surface area contributed by atoms with Crippen molar-refractivity contribution in [2.75, 3.05) is 0 Å². The second-order valence-corrected chi connectivity index (χ2v) is 5.86. The van der Waals surface area contributed by atoms with Crippen LogP contribution < -0.4 is 21.9 Å². The molecule has 0 unspecified atom stereocenters. The predicted molar refractivity (Wildman–Crippen MR) is 87.0 cm³/mol. The molecule has 11 heteroatoms. The van der Waals surface area contributed by atoms with Gasteiger partial charge in [0.05, 0.1) is 0 Å². The number of nitrogens with zero attached hydrogens (tertiary/aromatic N) is 4. The Morgan fingerprint density at radius 3 is 2.42 bits per heavy atom. The van der Waals surface area contributed by atoms with Gasteiger partial charge in [-0.3, -0.25) is 28.6 Å². The number of imidazole rings is 1. The molecule has 2 rings (SSSR count). The Labute approximate surface area is 141 Å². The van der Waals surface area contributed by atoms with E-state index < -0.39 is 29.7 Å². The number of carbonyl (C=O) groups excluding carboxylic acids is 2. The number of amides is 3. The summed E-state index contributed by atoms with van der Waals surface area (Å²) in [5.41, 5.74) is -1.13. The number of imide groups is 1. The van der Waals surface area contributed by atoms with Gasteiger partial charge >= 0.3 is 11.7 Å². The number of urea groups is 1. The first kappa shape index (κ1) is 17.7. The van der Waals surface area contributed by atoms with E-state index in [1.807, 2.05) is 0 Å². The quantitative estimate of drug-likeness (QED) is 0.706. The van der Waals surface area contributed by atoms with E-state index in [-0.39, 0.29) is 22.5 Å². The molecular weight excluding hydrogens is 340 g/mol. The van der Waals surface area contributed by atoms with Gasteiger partial charge in [0.15, 0.2) is 11.2 Å². The van der Waals surface area contributed by atoms with Crippen LogP contribution in [0.25, 0.3) is 11.2 Å². The van der Waals surface area contributed by atoms with Crippen LogP contribution in [-0.4, -0.2) is 36.7 Å². The zero-order chi connectivity index (χ0) is 18.2. The van der Waals surface area contributed by atoms with Crippen LogP contribution >= 0.6 is 11.6 Å². The highest BCUT2D eigenvalue weighted by atomic mass is 35.5. The van der Waals surface area contributed by atoms with Gasteiger partial charge < -0.3 is 5.32 Å². The average Bonchev–Trinajstić information content (AvgIpc) is 2.79. The molecule has 130 valence electrons. The molecule has 2 aromatic heterocycles. The second kappa shape index (κ2) is 6.48. The lowest BCUT2D eigenvalue weighted by molar-refractivity contribution is -0.120. The van der Waals surface area contributed by atoms with Gasteiger partial charge in [0, 0.05) is 20.1 Å². The van der Waals surface area contributed by atoms with Crippen molar-refractivity contribution in [2.45, 2.75) is 26.4 Å². The highest BCUT2D eigenvalue weighted by molar-refractivity contribution is 6.29. The van der Waals surface area contributed by atoms with Gasteiger partial charge in [0.25, 0.3) is 5.56 Å². The molecule has 0 bridgehead atoms. The summed E-state index contributed by atoms with van der Waals surface area (Å²) in [5, 5.41) is 4.49. The van der Waals surface area contributed by atoms with Crippen molar-refractivity contribution < 1.29 is 9.59 Å². The minimum Gasteiger partial charge on any atom is -0.336 e. The Hall–Kier alpha value is -2.62. The zero-order valence-electron chi connectivity index (χ0n) is 13.6. The summed E-state index contributed by atoms with van der Waals surface area (Å²) in [6.45, 7) is 3.09. The summed E-state index contributed by atoms with van der Waals surface area (Å²) < 4.78 is 3.19. The van der Waals surface area contributed by atoms with E-state index in [0.717, 1.165) is 13.7 Å². The van der Waals surface area contributed by atoms with Crippen molar-refractivity contribution >= 4 is 34.7 Å². The van der Waals surface area contributed by atoms with Crippen molar-refractivity contribution in [1.82, 2.24) is 29.3 Å². The molecule has 0 radical (unpaired) electrons. The molecule has 24 heavy (non-hydrogen) atoms. The number of halogens is 1. The predicted octanol–water partition coefficient (Wildman–Crippen LogP) is -0.679. The SMILES string of the molecule is CC(C)NC(=O)NC(=O)Cn1c(Cl)nc2c1c(=O)n(C)c(=O)n2C. The Kier molecular flexibility index (Phi) is 4.78. The Bertz CT molecular complexity index is 939. The van der Waals surface area contributed by atoms with E-state index in [0.29, 0.717) is 0 Å². The van der Waals surface area contributed by atoms with Gasteiger partial charge in [-0.1, -0.05) is 0 Å². The van der Waals surface area contributed by atoms with E-state index in [2.05, 4.69) is 15.6 Å². The first-order valence-corrected chi connectivity index (χ1v) is 7.43. The van der Waals surface area contributed by atoms with E-state index in [9.17, 15) is 19.2 Å². The largest absolute Gasteiger partial charge is 0.336 e. The summed E-state index contributed by atoms with van der Waals surface area (Å²) in [6, 6.07) is -0.798. The van der Waals surface area contributed by atoms with E-state index >= 15 is 0 Å². The molecule has 0 saturated carbocycles. The third kappa shape index (κ3) is 3.18. The third-order valence-electron chi connectivity index (χ3n) is 3.28. The lowest BCUT2D eigenvalue weighted by Crippen LogP contribution is -2.44. The Balaban J connectivity index is 2.42. The molecule has 0 atom stereocenters. The monoisotopic (exact) mass is 356 g/mol. The van der Waals surface area contributed by atoms with E-state index in [4.69, 9.17) is 11.6 Å². The van der Waals surface area contributed by atoms with Crippen LogP contribution in [0.15, 0.2) is 9.59 Å². The van der Waals surface area contributed by atoms with Gasteiger partial charge in [-0.05, 0) is 25.4 Å². The maximum atomic E-state index is 12.3. The number of nitrogens with one attached hydrogen (secondary N) is 2. The van der Waals surface area contributed by atoms with Crippen molar-refractivity contribution in [2.24, 2.45) is 14.1 Å². The number of rotatable bonds is 3. The summed E-state index contributed by atoms with van der Waals surface area (Å²) >= 11 is 5.99. The fourth-order valence-corrected chi connectivity index (χ4v) is 2.40. The molecule has 2 heterocycles. The molecule has 3 amide bonds. The second-order valence-electron chi connectivity index (χ2n) is 5.52. The molecule has 0 spiro atoms. The molecule has 10 nitrogen and oxygen atoms in total. The number of hydrogen-bond donors (Lipinski definition) is 2. The smallest absolute Gasteiger partial charge is 0.332 e. The van der Waals surface area contributed by atoms with Crippen LogP contribution in [0.4, 0.5) is 4.79 Å². The molecule has 0 aliphatic heterocycles. The molecule has 2 N–H and O–H groups in total. The van der Waals surface area contributed by atoms with Crippen molar-refractivity contribution in [1.29, 1.82) is 0 Å². The summed E-state index contributed by atoms with van der Waals surface area (Å²) in [4.78, 5) is 51.7. The zero-order valence-corrected chi connectivity index (χ0v) is 14.3. The highest BCUT2D eigenvalue weighted by Gasteiger charge is 2.20.